The maximum absolute atomic E-state index is 10.3. The molecular weight excluding hydrogens is 261 g/mol. The first-order valence-electron chi connectivity index (χ1n) is 5.66. The largest absolute Gasteiger partial charge is 0.508 e. The Morgan fingerprint density at radius 2 is 1.76 bits per heavy atom. The number of aliphatic hydroxyl groups is 1. The van der Waals surface area contributed by atoms with E-state index < -0.39 is 6.10 Å². The number of phenolic OH excluding ortho intramolecular Hbond substituents is 1. The minimum Gasteiger partial charge on any atom is -0.508 e. The molecule has 0 saturated carbocycles. The van der Waals surface area contributed by atoms with Crippen LogP contribution in [-0.2, 0) is 0 Å². The summed E-state index contributed by atoms with van der Waals surface area (Å²) in [4.78, 5) is 0. The van der Waals surface area contributed by atoms with E-state index in [9.17, 15) is 10.2 Å². The lowest BCUT2D eigenvalue weighted by atomic mass is 9.88. The Morgan fingerprint density at radius 3 is 2.41 bits per heavy atom. The van der Waals surface area contributed by atoms with Crippen LogP contribution in [-0.4, -0.2) is 23.3 Å². The van der Waals surface area contributed by atoms with E-state index in [1.807, 2.05) is 0 Å². The zero-order valence-corrected chi connectivity index (χ0v) is 10.8. The second kappa shape index (κ2) is 5.44. The Morgan fingerprint density at radius 1 is 1.18 bits per heavy atom. The quantitative estimate of drug-likeness (QED) is 0.778. The lowest BCUT2D eigenvalue weighted by Gasteiger charge is -2.28. The molecule has 1 saturated heterocycles. The number of aliphatic hydroxyl groups excluding tert-OH is 1. The zero-order chi connectivity index (χ0) is 12.4. The zero-order valence-electron chi connectivity index (χ0n) is 9.29. The molecule has 1 aliphatic rings. The first kappa shape index (κ1) is 13.0. The van der Waals surface area contributed by atoms with Gasteiger partial charge in [0, 0.05) is 11.6 Å². The van der Waals surface area contributed by atoms with Gasteiger partial charge < -0.3 is 15.5 Å². The summed E-state index contributed by atoms with van der Waals surface area (Å²) in [6.45, 7) is 1.79. The highest BCUT2D eigenvalue weighted by molar-refractivity contribution is 6.42. The molecule has 0 aliphatic carbocycles. The summed E-state index contributed by atoms with van der Waals surface area (Å²) in [5.41, 5.74) is 0.464. The van der Waals surface area contributed by atoms with Crippen molar-refractivity contribution in [3.8, 4) is 5.75 Å². The third kappa shape index (κ3) is 2.86. The molecule has 0 radical (unpaired) electrons. The van der Waals surface area contributed by atoms with Gasteiger partial charge in [0.1, 0.15) is 5.75 Å². The van der Waals surface area contributed by atoms with Crippen LogP contribution in [0.4, 0.5) is 0 Å². The van der Waals surface area contributed by atoms with E-state index in [4.69, 9.17) is 23.2 Å². The number of phenols is 1. The molecule has 1 aromatic rings. The van der Waals surface area contributed by atoms with E-state index in [-0.39, 0.29) is 11.7 Å². The fourth-order valence-electron chi connectivity index (χ4n) is 2.20. The minimum atomic E-state index is -0.688. The molecule has 1 fully saturated rings. The molecule has 0 spiro atoms. The number of hydrogen-bond acceptors (Lipinski definition) is 3. The highest BCUT2D eigenvalue weighted by Gasteiger charge is 2.25. The molecule has 0 amide bonds. The highest BCUT2D eigenvalue weighted by atomic mass is 35.5. The van der Waals surface area contributed by atoms with Gasteiger partial charge in [-0.25, -0.2) is 0 Å². The van der Waals surface area contributed by atoms with Crippen molar-refractivity contribution in [1.82, 2.24) is 5.32 Å². The van der Waals surface area contributed by atoms with E-state index in [0.29, 0.717) is 15.6 Å². The van der Waals surface area contributed by atoms with Gasteiger partial charge in [0.15, 0.2) is 0 Å². The van der Waals surface area contributed by atoms with Gasteiger partial charge in [-0.1, -0.05) is 23.2 Å². The standard InChI is InChI=1S/C12H15Cl2NO2/c13-9-5-8(11(16)6-10(9)14)12(17)7-1-3-15-4-2-7/h5-7,12,15-17H,1-4H2/t12-/m0/s1. The summed E-state index contributed by atoms with van der Waals surface area (Å²) in [7, 11) is 0. The van der Waals surface area contributed by atoms with Crippen molar-refractivity contribution in [3.05, 3.63) is 27.7 Å². The van der Waals surface area contributed by atoms with E-state index >= 15 is 0 Å². The van der Waals surface area contributed by atoms with Gasteiger partial charge in [-0.15, -0.1) is 0 Å². The fourth-order valence-corrected chi connectivity index (χ4v) is 2.53. The Balaban J connectivity index is 2.23. The summed E-state index contributed by atoms with van der Waals surface area (Å²) in [6.07, 6.45) is 1.09. The molecule has 0 bridgehead atoms. The van der Waals surface area contributed by atoms with Gasteiger partial charge in [0.25, 0.3) is 0 Å². The van der Waals surface area contributed by atoms with Crippen LogP contribution in [0.5, 0.6) is 5.75 Å². The third-order valence-corrected chi connectivity index (χ3v) is 3.94. The van der Waals surface area contributed by atoms with Crippen molar-refractivity contribution >= 4 is 23.2 Å². The van der Waals surface area contributed by atoms with Crippen LogP contribution in [0.15, 0.2) is 12.1 Å². The van der Waals surface area contributed by atoms with Gasteiger partial charge in [-0.3, -0.25) is 0 Å². The number of hydrogen-bond donors (Lipinski definition) is 3. The number of benzene rings is 1. The Bertz CT molecular complexity index is 406. The molecule has 1 heterocycles. The SMILES string of the molecule is Oc1cc(Cl)c(Cl)cc1[C@@H](O)C1CCNCC1. The second-order valence-corrected chi connectivity index (χ2v) is 5.17. The van der Waals surface area contributed by atoms with E-state index in [1.165, 1.54) is 6.07 Å². The molecule has 94 valence electrons. The van der Waals surface area contributed by atoms with Crippen LogP contribution >= 0.6 is 23.2 Å². The van der Waals surface area contributed by atoms with Crippen LogP contribution in [0.25, 0.3) is 0 Å². The van der Waals surface area contributed by atoms with Gasteiger partial charge >= 0.3 is 0 Å². The molecular formula is C12H15Cl2NO2. The Labute approximate surface area is 110 Å². The van der Waals surface area contributed by atoms with Crippen LogP contribution in [0.2, 0.25) is 10.0 Å². The van der Waals surface area contributed by atoms with E-state index in [1.54, 1.807) is 6.07 Å². The number of nitrogens with one attached hydrogen (secondary N) is 1. The first-order valence-corrected chi connectivity index (χ1v) is 6.42. The molecule has 3 N–H and O–H groups in total. The molecule has 0 unspecified atom stereocenters. The van der Waals surface area contributed by atoms with E-state index in [2.05, 4.69) is 5.32 Å². The summed E-state index contributed by atoms with van der Waals surface area (Å²) in [6, 6.07) is 2.93. The molecule has 17 heavy (non-hydrogen) atoms. The molecule has 0 aromatic heterocycles. The summed E-state index contributed by atoms with van der Waals surface area (Å²) in [5.74, 6) is 0.157. The van der Waals surface area contributed by atoms with Crippen molar-refractivity contribution < 1.29 is 10.2 Å². The summed E-state index contributed by atoms with van der Waals surface area (Å²) in [5, 5.41) is 23.9. The number of rotatable bonds is 2. The smallest absolute Gasteiger partial charge is 0.122 e. The van der Waals surface area contributed by atoms with Gasteiger partial charge in [0.05, 0.1) is 16.1 Å². The maximum atomic E-state index is 10.3. The third-order valence-electron chi connectivity index (χ3n) is 3.22. The number of halogens is 2. The van der Waals surface area contributed by atoms with Gasteiger partial charge in [-0.05, 0) is 37.9 Å². The molecule has 1 aliphatic heterocycles. The monoisotopic (exact) mass is 275 g/mol. The van der Waals surface area contributed by atoms with Crippen molar-refractivity contribution in [3.63, 3.8) is 0 Å². The summed E-state index contributed by atoms with van der Waals surface area (Å²) < 4.78 is 0. The predicted molar refractivity (Wildman–Crippen MR) is 68.7 cm³/mol. The van der Waals surface area contributed by atoms with Crippen molar-refractivity contribution in [2.75, 3.05) is 13.1 Å². The number of piperidine rings is 1. The second-order valence-electron chi connectivity index (χ2n) is 4.36. The minimum absolute atomic E-state index is 0.00503. The van der Waals surface area contributed by atoms with Crippen molar-refractivity contribution in [1.29, 1.82) is 0 Å². The molecule has 3 nitrogen and oxygen atoms in total. The Hall–Kier alpha value is -0.480. The van der Waals surface area contributed by atoms with Crippen LogP contribution in [0.1, 0.15) is 24.5 Å². The Kier molecular flexibility index (Phi) is 4.15. The average molecular weight is 276 g/mol. The molecule has 1 aromatic carbocycles. The molecule has 2 rings (SSSR count). The van der Waals surface area contributed by atoms with Gasteiger partial charge in [0.2, 0.25) is 0 Å². The topological polar surface area (TPSA) is 52.5 Å². The lowest BCUT2D eigenvalue weighted by Crippen LogP contribution is -2.30. The lowest BCUT2D eigenvalue weighted by molar-refractivity contribution is 0.0866. The van der Waals surface area contributed by atoms with Crippen molar-refractivity contribution in [2.45, 2.75) is 18.9 Å². The number of aromatic hydroxyl groups is 1. The van der Waals surface area contributed by atoms with Crippen molar-refractivity contribution in [2.24, 2.45) is 5.92 Å². The predicted octanol–water partition coefficient (Wildman–Crippen LogP) is 2.73. The normalized spacial score (nSPS) is 19.2. The van der Waals surface area contributed by atoms with E-state index in [0.717, 1.165) is 25.9 Å². The van der Waals surface area contributed by atoms with Crippen LogP contribution < -0.4 is 5.32 Å². The maximum Gasteiger partial charge on any atom is 0.122 e. The molecule has 5 heteroatoms. The first-order chi connectivity index (χ1) is 8.09. The van der Waals surface area contributed by atoms with Gasteiger partial charge in [-0.2, -0.15) is 0 Å². The average Bonchev–Trinajstić information content (AvgIpc) is 2.34. The van der Waals surface area contributed by atoms with Crippen LogP contribution in [0.3, 0.4) is 0 Å². The highest BCUT2D eigenvalue weighted by Crippen LogP contribution is 2.38. The van der Waals surface area contributed by atoms with Crippen LogP contribution in [0, 0.1) is 5.92 Å². The molecule has 1 atom stereocenters. The summed E-state index contributed by atoms with van der Waals surface area (Å²) >= 11 is 11.7. The fraction of sp³-hybridized carbons (Fsp3) is 0.500.